The Bertz CT molecular complexity index is 1530. The topological polar surface area (TPSA) is 145 Å². The van der Waals surface area contributed by atoms with Crippen molar-refractivity contribution in [3.63, 3.8) is 0 Å². The lowest BCUT2D eigenvalue weighted by Crippen LogP contribution is -2.57. The van der Waals surface area contributed by atoms with Crippen LogP contribution in [0.4, 0.5) is 18.9 Å². The minimum Gasteiger partial charge on any atom is -0.377 e. The van der Waals surface area contributed by atoms with Gasteiger partial charge in [-0.25, -0.2) is 8.42 Å². The molecule has 4 atom stereocenters. The molecule has 3 N–H and O–H groups in total. The van der Waals surface area contributed by atoms with Crippen molar-refractivity contribution < 1.29 is 40.8 Å². The first-order chi connectivity index (χ1) is 20.4. The number of halogens is 3. The van der Waals surface area contributed by atoms with Crippen LogP contribution in [0.1, 0.15) is 40.5 Å². The molecule has 0 saturated carbocycles. The van der Waals surface area contributed by atoms with E-state index in [2.05, 4.69) is 15.4 Å². The number of alkyl halides is 3. The van der Waals surface area contributed by atoms with Crippen LogP contribution < -0.4 is 20.3 Å². The first-order valence-electron chi connectivity index (χ1n) is 14.1. The molecule has 1 heterocycles. The minimum absolute atomic E-state index is 0.0421. The fourth-order valence-corrected chi connectivity index (χ4v) is 6.79. The van der Waals surface area contributed by atoms with Crippen molar-refractivity contribution in [3.05, 3.63) is 36.4 Å². The maximum atomic E-state index is 13.3. The lowest BCUT2D eigenvalue weighted by molar-refractivity contribution is -0.179. The van der Waals surface area contributed by atoms with Gasteiger partial charge in [-0.05, 0) is 51.3 Å². The van der Waals surface area contributed by atoms with Crippen LogP contribution in [0.5, 0.6) is 0 Å². The van der Waals surface area contributed by atoms with E-state index in [9.17, 15) is 40.8 Å². The largest absolute Gasteiger partial charge is 0.451 e. The van der Waals surface area contributed by atoms with Gasteiger partial charge < -0.3 is 10.2 Å². The number of carbonyl (C=O) groups is 4. The molecule has 2 aromatic rings. The number of Topliss-reactive ketones (excluding diaryl/α,β-unsaturated/α-hetero) is 1. The number of nitrogens with one attached hydrogen (secondary N) is 3. The number of hydrogen-bond acceptors (Lipinski definition) is 8. The number of fused-ring (bicyclic) bond motifs is 1. The molecule has 1 aliphatic heterocycles. The quantitative estimate of drug-likeness (QED) is 0.339. The molecule has 242 valence electrons. The van der Waals surface area contributed by atoms with Crippen LogP contribution in [-0.4, -0.2) is 87.8 Å². The third-order valence-corrected chi connectivity index (χ3v) is 9.09. The number of imide groups is 1. The normalized spacial score (nSPS) is 18.1. The van der Waals surface area contributed by atoms with E-state index in [1.54, 1.807) is 24.3 Å². The Morgan fingerprint density at radius 3 is 2.14 bits per heavy atom. The van der Waals surface area contributed by atoms with Gasteiger partial charge in [0.25, 0.3) is 5.78 Å². The summed E-state index contributed by atoms with van der Waals surface area (Å²) in [6.45, 7) is 5.51. The molecule has 3 rings (SSSR count). The molecule has 15 heteroatoms. The maximum absolute atomic E-state index is 13.3. The fourth-order valence-electron chi connectivity index (χ4n) is 5.36. The minimum atomic E-state index is -5.09. The summed E-state index contributed by atoms with van der Waals surface area (Å²) in [6.07, 6.45) is -4.61. The Morgan fingerprint density at radius 2 is 1.55 bits per heavy atom. The van der Waals surface area contributed by atoms with Gasteiger partial charge in [-0.15, -0.1) is 0 Å². The second-order valence-electron chi connectivity index (χ2n) is 11.4. The molecule has 3 amide bonds. The highest BCUT2D eigenvalue weighted by Crippen LogP contribution is 2.31. The van der Waals surface area contributed by atoms with E-state index in [0.717, 1.165) is 10.6 Å². The van der Waals surface area contributed by atoms with E-state index in [1.807, 2.05) is 25.1 Å². The molecule has 0 bridgehead atoms. The number of nitrogens with zero attached hydrogens (tertiary/aromatic N) is 2. The van der Waals surface area contributed by atoms with Gasteiger partial charge in [0.1, 0.15) is 6.04 Å². The number of carbonyl (C=O) groups excluding carboxylic acids is 4. The Balaban J connectivity index is 1.66. The van der Waals surface area contributed by atoms with Gasteiger partial charge in [0.2, 0.25) is 27.7 Å². The van der Waals surface area contributed by atoms with Crippen molar-refractivity contribution in [3.8, 4) is 0 Å². The van der Waals surface area contributed by atoms with E-state index in [4.69, 9.17) is 0 Å². The Labute approximate surface area is 254 Å². The van der Waals surface area contributed by atoms with E-state index < -0.39 is 69.8 Å². The molecule has 44 heavy (non-hydrogen) atoms. The molecule has 0 spiro atoms. The lowest BCUT2D eigenvalue weighted by atomic mass is 9.96. The smallest absolute Gasteiger partial charge is 0.377 e. The number of likely N-dealkylation sites (tertiary alicyclic amines) is 1. The zero-order valence-corrected chi connectivity index (χ0v) is 26.2. The molecule has 1 fully saturated rings. The molecule has 0 unspecified atom stereocenters. The summed E-state index contributed by atoms with van der Waals surface area (Å²) in [5.41, 5.74) is 0.798. The van der Waals surface area contributed by atoms with E-state index in [-0.39, 0.29) is 17.9 Å². The van der Waals surface area contributed by atoms with E-state index >= 15 is 0 Å². The number of hydrogen-bond donors (Lipinski definition) is 3. The summed E-state index contributed by atoms with van der Waals surface area (Å²) < 4.78 is 68.6. The van der Waals surface area contributed by atoms with Crippen LogP contribution in [0.25, 0.3) is 10.8 Å². The number of benzene rings is 2. The van der Waals surface area contributed by atoms with Gasteiger partial charge in [0.15, 0.2) is 0 Å². The molecule has 11 nitrogen and oxygen atoms in total. The average Bonchev–Trinajstić information content (AvgIpc) is 3.40. The number of ketones is 1. The van der Waals surface area contributed by atoms with Crippen molar-refractivity contribution in [2.24, 2.45) is 5.92 Å². The van der Waals surface area contributed by atoms with Gasteiger partial charge in [0, 0.05) is 30.6 Å². The van der Waals surface area contributed by atoms with Gasteiger partial charge in [0.05, 0.1) is 23.0 Å². The summed E-state index contributed by atoms with van der Waals surface area (Å²) in [5.74, 6) is -5.40. The van der Waals surface area contributed by atoms with Crippen molar-refractivity contribution in [2.45, 2.75) is 75.8 Å². The first kappa shape index (κ1) is 34.9. The number of amides is 3. The lowest BCUT2D eigenvalue weighted by Gasteiger charge is -2.34. The van der Waals surface area contributed by atoms with Crippen LogP contribution in [-0.2, 0) is 29.2 Å². The zero-order valence-electron chi connectivity index (χ0n) is 25.4. The molecule has 0 aromatic heterocycles. The average molecular weight is 642 g/mol. The zero-order chi connectivity index (χ0) is 33.1. The third kappa shape index (κ3) is 7.74. The summed E-state index contributed by atoms with van der Waals surface area (Å²) >= 11 is 0. The van der Waals surface area contributed by atoms with Crippen LogP contribution in [0, 0.1) is 5.92 Å². The van der Waals surface area contributed by atoms with Crippen molar-refractivity contribution in [1.82, 2.24) is 20.3 Å². The summed E-state index contributed by atoms with van der Waals surface area (Å²) in [5, 5.41) is 5.59. The number of anilines is 1. The highest BCUT2D eigenvalue weighted by atomic mass is 32.2. The standard InChI is InChI=1S/C29H38F3N5O6S/c1-16(2)24(25(38)29(30,31)32)37-15-9-13-22(37)28(41)34-26(39)17(3)33-27(40)18(4)35-44(42,43)23-14-8-10-19-20(23)11-7-12-21(19)36(5)6/h7-8,10-12,14,16-18,22,24,35H,9,13,15H2,1-6H3,(H,33,40)(H,34,39,41)/t17-,18-,22-,24-/m0/s1. The second-order valence-corrected chi connectivity index (χ2v) is 13.1. The SMILES string of the molecule is CC(C)[C@@H](C(=O)C(F)(F)F)N1CCC[C@H]1C(=O)NC(=O)[C@H](C)NC(=O)[C@H](C)NS(=O)(=O)c1cccc2c(N(C)C)cccc12. The highest BCUT2D eigenvalue weighted by molar-refractivity contribution is 7.89. The Morgan fingerprint density at radius 1 is 0.932 bits per heavy atom. The number of rotatable bonds is 11. The Kier molecular flexibility index (Phi) is 10.8. The van der Waals surface area contributed by atoms with Gasteiger partial charge in [-0.3, -0.25) is 29.4 Å². The molecule has 1 saturated heterocycles. The van der Waals surface area contributed by atoms with Crippen molar-refractivity contribution in [2.75, 3.05) is 25.5 Å². The summed E-state index contributed by atoms with van der Waals surface area (Å²) in [4.78, 5) is 53.6. The molecule has 1 aliphatic rings. The summed E-state index contributed by atoms with van der Waals surface area (Å²) in [6, 6.07) is 4.63. The second kappa shape index (κ2) is 13.6. The third-order valence-electron chi connectivity index (χ3n) is 7.49. The van der Waals surface area contributed by atoms with Crippen LogP contribution in [0.2, 0.25) is 0 Å². The van der Waals surface area contributed by atoms with Gasteiger partial charge >= 0.3 is 6.18 Å². The van der Waals surface area contributed by atoms with Gasteiger partial charge in [-0.1, -0.05) is 38.1 Å². The van der Waals surface area contributed by atoms with Crippen molar-refractivity contribution in [1.29, 1.82) is 0 Å². The molecular weight excluding hydrogens is 603 g/mol. The predicted molar refractivity (Wildman–Crippen MR) is 158 cm³/mol. The van der Waals surface area contributed by atoms with E-state index in [1.165, 1.54) is 33.8 Å². The fraction of sp³-hybridized carbons (Fsp3) is 0.517. The van der Waals surface area contributed by atoms with Crippen LogP contribution >= 0.6 is 0 Å². The van der Waals surface area contributed by atoms with Crippen LogP contribution in [0.3, 0.4) is 0 Å². The maximum Gasteiger partial charge on any atom is 0.451 e. The van der Waals surface area contributed by atoms with E-state index in [0.29, 0.717) is 17.2 Å². The van der Waals surface area contributed by atoms with Gasteiger partial charge in [-0.2, -0.15) is 17.9 Å². The molecule has 2 aromatic carbocycles. The monoisotopic (exact) mass is 641 g/mol. The van der Waals surface area contributed by atoms with Crippen LogP contribution in [0.15, 0.2) is 41.3 Å². The first-order valence-corrected chi connectivity index (χ1v) is 15.6. The van der Waals surface area contributed by atoms with Crippen molar-refractivity contribution >= 4 is 50.0 Å². The Hall–Kier alpha value is -3.56. The highest BCUT2D eigenvalue weighted by Gasteiger charge is 2.50. The molecule has 0 radical (unpaired) electrons. The number of sulfonamides is 1. The molecular formula is C29H38F3N5O6S. The molecule has 0 aliphatic carbocycles. The predicted octanol–water partition coefficient (Wildman–Crippen LogP) is 2.34. The summed E-state index contributed by atoms with van der Waals surface area (Å²) in [7, 11) is -0.544.